The Morgan fingerprint density at radius 2 is 2.03 bits per heavy atom. The number of hydrogen-bond donors (Lipinski definition) is 2. The van der Waals surface area contributed by atoms with Gasteiger partial charge in [0.1, 0.15) is 18.0 Å². The Labute approximate surface area is 170 Å². The topological polar surface area (TPSA) is 118 Å². The molecule has 29 heavy (non-hydrogen) atoms. The van der Waals surface area contributed by atoms with Crippen LogP contribution in [0.1, 0.15) is 44.0 Å². The third kappa shape index (κ3) is 5.16. The maximum Gasteiger partial charge on any atom is 0.408 e. The van der Waals surface area contributed by atoms with Crippen LogP contribution in [0.25, 0.3) is 0 Å². The summed E-state index contributed by atoms with van der Waals surface area (Å²) < 4.78 is 5.18. The summed E-state index contributed by atoms with van der Waals surface area (Å²) in [6.07, 6.45) is 2.72. The molecule has 9 heteroatoms. The fraction of sp³-hybridized carbons (Fsp3) is 0.600. The Kier molecular flexibility index (Phi) is 5.95. The van der Waals surface area contributed by atoms with Gasteiger partial charge in [-0.05, 0) is 51.7 Å². The molecule has 2 aliphatic rings. The third-order valence-electron chi connectivity index (χ3n) is 5.20. The number of carbonyl (C=O) groups excluding carboxylic acids is 3. The van der Waals surface area contributed by atoms with Crippen LogP contribution in [0, 0.1) is 5.92 Å². The number of nitrogens with one attached hydrogen (secondary N) is 1. The highest BCUT2D eigenvalue weighted by Gasteiger charge is 2.42. The van der Waals surface area contributed by atoms with Crippen molar-refractivity contribution in [2.24, 2.45) is 5.92 Å². The standard InChI is InChI=1S/C20H29N5O4/c1-20(2,3)29-19(28)23-10-17(26)25-8-4-5-14-11-24(12-15(14)25)18(27)13-6-7-16(21)22-9-13/h6-7,9,14-15H,4-5,8,10-12H2,1-3H3,(H2,21,22)(H,23,28). The van der Waals surface area contributed by atoms with Gasteiger partial charge in [-0.1, -0.05) is 0 Å². The molecule has 2 atom stereocenters. The molecule has 0 aliphatic carbocycles. The molecule has 2 aliphatic heterocycles. The zero-order valence-electron chi connectivity index (χ0n) is 17.2. The van der Waals surface area contributed by atoms with E-state index in [0.717, 1.165) is 12.8 Å². The molecule has 2 saturated heterocycles. The molecular formula is C20H29N5O4. The number of aromatic nitrogens is 1. The summed E-state index contributed by atoms with van der Waals surface area (Å²) in [7, 11) is 0. The minimum atomic E-state index is -0.618. The number of alkyl carbamates (subject to hydrolysis) is 1. The highest BCUT2D eigenvalue weighted by molar-refractivity contribution is 5.94. The van der Waals surface area contributed by atoms with Gasteiger partial charge in [-0.3, -0.25) is 9.59 Å². The Hall–Kier alpha value is -2.84. The molecule has 1 aromatic heterocycles. The predicted molar refractivity (Wildman–Crippen MR) is 107 cm³/mol. The highest BCUT2D eigenvalue weighted by atomic mass is 16.6. The average Bonchev–Trinajstić information content (AvgIpc) is 3.09. The second-order valence-electron chi connectivity index (χ2n) is 8.59. The van der Waals surface area contributed by atoms with Gasteiger partial charge in [-0.15, -0.1) is 0 Å². The van der Waals surface area contributed by atoms with E-state index in [0.29, 0.717) is 31.0 Å². The first kappa shape index (κ1) is 20.9. The second-order valence-corrected chi connectivity index (χ2v) is 8.59. The number of pyridine rings is 1. The summed E-state index contributed by atoms with van der Waals surface area (Å²) in [5, 5.41) is 2.53. The quantitative estimate of drug-likeness (QED) is 0.784. The third-order valence-corrected chi connectivity index (χ3v) is 5.20. The maximum absolute atomic E-state index is 12.8. The van der Waals surface area contributed by atoms with Crippen LogP contribution < -0.4 is 11.1 Å². The number of hydrogen-bond acceptors (Lipinski definition) is 6. The van der Waals surface area contributed by atoms with Crippen LogP contribution in [-0.4, -0.2) is 70.5 Å². The summed E-state index contributed by atoms with van der Waals surface area (Å²) >= 11 is 0. The number of carbonyl (C=O) groups is 3. The van der Waals surface area contributed by atoms with Crippen LogP contribution in [0.2, 0.25) is 0 Å². The number of amides is 3. The first-order chi connectivity index (χ1) is 13.6. The smallest absolute Gasteiger partial charge is 0.408 e. The second kappa shape index (κ2) is 8.26. The molecule has 3 heterocycles. The van der Waals surface area contributed by atoms with Crippen molar-refractivity contribution in [3.63, 3.8) is 0 Å². The normalized spacial score (nSPS) is 21.5. The van der Waals surface area contributed by atoms with Crippen LogP contribution >= 0.6 is 0 Å². The van der Waals surface area contributed by atoms with Crippen molar-refractivity contribution in [3.05, 3.63) is 23.9 Å². The Morgan fingerprint density at radius 3 is 2.69 bits per heavy atom. The number of fused-ring (bicyclic) bond motifs is 1. The lowest BCUT2D eigenvalue weighted by molar-refractivity contribution is -0.134. The maximum atomic E-state index is 12.8. The first-order valence-electron chi connectivity index (χ1n) is 9.91. The number of nitrogen functional groups attached to an aromatic ring is 1. The Bertz CT molecular complexity index is 774. The van der Waals surface area contributed by atoms with Gasteiger partial charge in [-0.2, -0.15) is 0 Å². The molecule has 0 aromatic carbocycles. The van der Waals surface area contributed by atoms with Gasteiger partial charge in [0, 0.05) is 25.8 Å². The number of nitrogens with two attached hydrogens (primary N) is 1. The van der Waals surface area contributed by atoms with E-state index in [1.807, 2.05) is 0 Å². The lowest BCUT2D eigenvalue weighted by atomic mass is 9.92. The SMILES string of the molecule is CC(C)(C)OC(=O)NCC(=O)N1CCCC2CN(C(=O)c3ccc(N)nc3)CC21. The van der Waals surface area contributed by atoms with E-state index in [2.05, 4.69) is 10.3 Å². The summed E-state index contributed by atoms with van der Waals surface area (Å²) in [5.74, 6) is 0.339. The van der Waals surface area contributed by atoms with Crippen molar-refractivity contribution in [3.8, 4) is 0 Å². The van der Waals surface area contributed by atoms with Crippen molar-refractivity contribution in [2.45, 2.75) is 45.3 Å². The van der Waals surface area contributed by atoms with Crippen LogP contribution in [0.5, 0.6) is 0 Å². The minimum absolute atomic E-state index is 0.0395. The van der Waals surface area contributed by atoms with Gasteiger partial charge in [-0.25, -0.2) is 9.78 Å². The number of ether oxygens (including phenoxy) is 1. The largest absolute Gasteiger partial charge is 0.444 e. The highest BCUT2D eigenvalue weighted by Crippen LogP contribution is 2.31. The zero-order chi connectivity index (χ0) is 21.2. The van der Waals surface area contributed by atoms with Crippen molar-refractivity contribution in [1.82, 2.24) is 20.1 Å². The monoisotopic (exact) mass is 403 g/mol. The van der Waals surface area contributed by atoms with E-state index in [-0.39, 0.29) is 30.3 Å². The Morgan fingerprint density at radius 1 is 1.28 bits per heavy atom. The van der Waals surface area contributed by atoms with Crippen LogP contribution in [0.3, 0.4) is 0 Å². The lowest BCUT2D eigenvalue weighted by Gasteiger charge is -2.36. The predicted octanol–water partition coefficient (Wildman–Crippen LogP) is 1.25. The summed E-state index contributed by atoms with van der Waals surface area (Å²) in [6, 6.07) is 3.23. The van der Waals surface area contributed by atoms with Gasteiger partial charge in [0.25, 0.3) is 5.91 Å². The van der Waals surface area contributed by atoms with Crippen LogP contribution in [0.15, 0.2) is 18.3 Å². The first-order valence-corrected chi connectivity index (χ1v) is 9.91. The summed E-state index contributed by atoms with van der Waals surface area (Å²) in [4.78, 5) is 44.9. The Balaban J connectivity index is 1.59. The number of piperidine rings is 1. The number of rotatable bonds is 3. The molecule has 2 fully saturated rings. The summed E-state index contributed by atoms with van der Waals surface area (Å²) in [5.41, 5.74) is 5.46. The van der Waals surface area contributed by atoms with E-state index in [9.17, 15) is 14.4 Å². The van der Waals surface area contributed by atoms with Crippen LogP contribution in [0.4, 0.5) is 10.6 Å². The molecule has 0 radical (unpaired) electrons. The van der Waals surface area contributed by atoms with E-state index in [1.54, 1.807) is 42.7 Å². The van der Waals surface area contributed by atoms with Crippen molar-refractivity contribution in [2.75, 3.05) is 31.9 Å². The molecule has 3 amide bonds. The molecule has 2 unspecified atom stereocenters. The van der Waals surface area contributed by atoms with E-state index < -0.39 is 11.7 Å². The van der Waals surface area contributed by atoms with Crippen LogP contribution in [-0.2, 0) is 9.53 Å². The van der Waals surface area contributed by atoms with Gasteiger partial charge in [0.05, 0.1) is 11.6 Å². The molecule has 0 spiro atoms. The molecule has 158 valence electrons. The van der Waals surface area contributed by atoms with Crippen molar-refractivity contribution < 1.29 is 19.1 Å². The van der Waals surface area contributed by atoms with E-state index in [4.69, 9.17) is 10.5 Å². The van der Waals surface area contributed by atoms with E-state index >= 15 is 0 Å². The lowest BCUT2D eigenvalue weighted by Crippen LogP contribution is -2.51. The zero-order valence-corrected chi connectivity index (χ0v) is 17.2. The van der Waals surface area contributed by atoms with Gasteiger partial charge < -0.3 is 25.6 Å². The molecule has 1 aromatic rings. The molecule has 3 N–H and O–H groups in total. The average molecular weight is 403 g/mol. The van der Waals surface area contributed by atoms with E-state index in [1.165, 1.54) is 6.20 Å². The van der Waals surface area contributed by atoms with Gasteiger partial charge in [0.2, 0.25) is 5.91 Å². The fourth-order valence-electron chi connectivity index (χ4n) is 3.93. The molecule has 0 saturated carbocycles. The van der Waals surface area contributed by atoms with Crippen molar-refractivity contribution >= 4 is 23.7 Å². The van der Waals surface area contributed by atoms with Crippen molar-refractivity contribution in [1.29, 1.82) is 0 Å². The fourth-order valence-corrected chi connectivity index (χ4v) is 3.93. The molecule has 9 nitrogen and oxygen atoms in total. The molecule has 0 bridgehead atoms. The number of likely N-dealkylation sites (tertiary alicyclic amines) is 2. The van der Waals surface area contributed by atoms with Gasteiger partial charge in [0.15, 0.2) is 0 Å². The number of nitrogens with zero attached hydrogens (tertiary/aromatic N) is 3. The molecular weight excluding hydrogens is 374 g/mol. The number of anilines is 1. The minimum Gasteiger partial charge on any atom is -0.444 e. The molecule has 3 rings (SSSR count). The van der Waals surface area contributed by atoms with Gasteiger partial charge >= 0.3 is 6.09 Å². The summed E-state index contributed by atoms with van der Waals surface area (Å²) in [6.45, 7) is 6.90.